The van der Waals surface area contributed by atoms with Gasteiger partial charge in [0.2, 0.25) is 0 Å². The van der Waals surface area contributed by atoms with Crippen LogP contribution in [0.4, 0.5) is 0 Å². The average Bonchev–Trinajstić information content (AvgIpc) is 2.78. The molecule has 0 saturated carbocycles. The highest BCUT2D eigenvalue weighted by atomic mass is 16.5. The van der Waals surface area contributed by atoms with Crippen LogP contribution in [0.1, 0.15) is 37.3 Å². The Morgan fingerprint density at radius 2 is 1.68 bits per heavy atom. The molecular weight excluding hydrogens is 396 g/mol. The summed E-state index contributed by atoms with van der Waals surface area (Å²) in [4.78, 5) is 25.7. The normalized spacial score (nSPS) is 18.2. The standard InChI is InChI=1S/C25H28O6/c1-5-30-19-10-7-16(8-11-19)20-13-18(14-21(26)24(20)25(27)31-6-2)17-9-12-22(28-3)23(15-17)29-4/h7-12,14-15,20,24H,5-6,13H2,1-4H3/t20-,24-/m0/s1. The van der Waals surface area contributed by atoms with Gasteiger partial charge in [-0.2, -0.15) is 0 Å². The van der Waals surface area contributed by atoms with Gasteiger partial charge in [0, 0.05) is 5.92 Å². The van der Waals surface area contributed by atoms with Crippen molar-refractivity contribution in [1.29, 1.82) is 0 Å². The number of allylic oxidation sites excluding steroid dienone is 2. The SMILES string of the molecule is CCOC(=O)[C@@H]1C(=O)C=C(c2ccc(OC)c(OC)c2)C[C@H]1c1ccc(OCC)cc1. The summed E-state index contributed by atoms with van der Waals surface area (Å²) in [6.45, 7) is 4.45. The molecular formula is C25H28O6. The van der Waals surface area contributed by atoms with Gasteiger partial charge >= 0.3 is 5.97 Å². The minimum absolute atomic E-state index is 0.227. The highest BCUT2D eigenvalue weighted by Crippen LogP contribution is 2.42. The number of hydrogen-bond donors (Lipinski definition) is 0. The van der Waals surface area contributed by atoms with Gasteiger partial charge in [-0.25, -0.2) is 0 Å². The van der Waals surface area contributed by atoms with Crippen LogP contribution in [0.2, 0.25) is 0 Å². The Labute approximate surface area is 182 Å². The van der Waals surface area contributed by atoms with Crippen LogP contribution in [0, 0.1) is 5.92 Å². The molecule has 164 valence electrons. The molecule has 0 saturated heterocycles. The smallest absolute Gasteiger partial charge is 0.317 e. The first-order valence-electron chi connectivity index (χ1n) is 10.4. The molecule has 0 fully saturated rings. The molecule has 31 heavy (non-hydrogen) atoms. The van der Waals surface area contributed by atoms with Crippen molar-refractivity contribution < 1.29 is 28.5 Å². The van der Waals surface area contributed by atoms with Gasteiger partial charge < -0.3 is 18.9 Å². The third-order valence-electron chi connectivity index (χ3n) is 5.38. The van der Waals surface area contributed by atoms with E-state index in [2.05, 4.69) is 0 Å². The first-order chi connectivity index (χ1) is 15.0. The van der Waals surface area contributed by atoms with Crippen molar-refractivity contribution in [1.82, 2.24) is 0 Å². The van der Waals surface area contributed by atoms with Gasteiger partial charge in [-0.05, 0) is 67.3 Å². The molecule has 0 heterocycles. The quantitative estimate of drug-likeness (QED) is 0.461. The molecule has 0 aromatic heterocycles. The third kappa shape index (κ3) is 4.90. The summed E-state index contributed by atoms with van der Waals surface area (Å²) in [5.74, 6) is -0.0175. The molecule has 6 nitrogen and oxygen atoms in total. The summed E-state index contributed by atoms with van der Waals surface area (Å²) in [6, 6.07) is 13.1. The van der Waals surface area contributed by atoms with E-state index in [4.69, 9.17) is 18.9 Å². The Morgan fingerprint density at radius 3 is 2.29 bits per heavy atom. The Bertz CT molecular complexity index is 960. The maximum atomic E-state index is 13.1. The fourth-order valence-corrected chi connectivity index (χ4v) is 3.91. The molecule has 2 atom stereocenters. The molecule has 0 unspecified atom stereocenters. The maximum absolute atomic E-state index is 13.1. The van der Waals surface area contributed by atoms with Crippen molar-refractivity contribution in [2.45, 2.75) is 26.2 Å². The molecule has 0 amide bonds. The third-order valence-corrected chi connectivity index (χ3v) is 5.38. The van der Waals surface area contributed by atoms with Crippen LogP contribution in [0.3, 0.4) is 0 Å². The fraction of sp³-hybridized carbons (Fsp3) is 0.360. The topological polar surface area (TPSA) is 71.1 Å². The van der Waals surface area contributed by atoms with Gasteiger partial charge in [0.25, 0.3) is 0 Å². The fourth-order valence-electron chi connectivity index (χ4n) is 3.91. The van der Waals surface area contributed by atoms with E-state index in [-0.39, 0.29) is 18.3 Å². The van der Waals surface area contributed by atoms with E-state index in [1.807, 2.05) is 49.4 Å². The van der Waals surface area contributed by atoms with Crippen molar-refractivity contribution in [2.75, 3.05) is 27.4 Å². The predicted molar refractivity (Wildman–Crippen MR) is 118 cm³/mol. The number of methoxy groups -OCH3 is 2. The first kappa shape index (κ1) is 22.4. The first-order valence-corrected chi connectivity index (χ1v) is 10.4. The van der Waals surface area contributed by atoms with Gasteiger partial charge in [0.15, 0.2) is 17.3 Å². The van der Waals surface area contributed by atoms with E-state index in [0.29, 0.717) is 24.5 Å². The average molecular weight is 424 g/mol. The molecule has 2 aromatic rings. The number of rotatable bonds is 8. The summed E-state index contributed by atoms with van der Waals surface area (Å²) in [7, 11) is 3.15. The molecule has 1 aliphatic rings. The van der Waals surface area contributed by atoms with E-state index < -0.39 is 11.9 Å². The molecule has 0 radical (unpaired) electrons. The molecule has 0 aliphatic heterocycles. The van der Waals surface area contributed by atoms with E-state index in [9.17, 15) is 9.59 Å². The van der Waals surface area contributed by atoms with E-state index >= 15 is 0 Å². The highest BCUT2D eigenvalue weighted by molar-refractivity contribution is 6.10. The van der Waals surface area contributed by atoms with E-state index in [1.54, 1.807) is 27.2 Å². The van der Waals surface area contributed by atoms with Crippen molar-refractivity contribution in [2.24, 2.45) is 5.92 Å². The van der Waals surface area contributed by atoms with Crippen LogP contribution in [0.15, 0.2) is 48.5 Å². The molecule has 2 aromatic carbocycles. The second kappa shape index (κ2) is 10.2. The zero-order valence-electron chi connectivity index (χ0n) is 18.3. The summed E-state index contributed by atoms with van der Waals surface area (Å²) in [5, 5.41) is 0. The van der Waals surface area contributed by atoms with Gasteiger partial charge in [-0.15, -0.1) is 0 Å². The minimum atomic E-state index is -0.873. The number of hydrogen-bond acceptors (Lipinski definition) is 6. The monoisotopic (exact) mass is 424 g/mol. The van der Waals surface area contributed by atoms with Crippen LogP contribution in [-0.2, 0) is 14.3 Å². The van der Waals surface area contributed by atoms with Crippen LogP contribution in [-0.4, -0.2) is 39.2 Å². The van der Waals surface area contributed by atoms with E-state index in [0.717, 1.165) is 22.4 Å². The number of carbonyl (C=O) groups is 2. The summed E-state index contributed by atoms with van der Waals surface area (Å²) < 4.78 is 21.5. The molecule has 6 heteroatoms. The Kier molecular flexibility index (Phi) is 7.34. The predicted octanol–water partition coefficient (Wildman–Crippen LogP) is 4.42. The number of carbonyl (C=O) groups excluding carboxylic acids is 2. The largest absolute Gasteiger partial charge is 0.494 e. The van der Waals surface area contributed by atoms with Crippen LogP contribution in [0.25, 0.3) is 5.57 Å². The maximum Gasteiger partial charge on any atom is 0.317 e. The summed E-state index contributed by atoms with van der Waals surface area (Å²) in [5.41, 5.74) is 2.58. The van der Waals surface area contributed by atoms with Crippen molar-refractivity contribution >= 4 is 17.3 Å². The molecule has 1 aliphatic carbocycles. The number of esters is 1. The molecule has 3 rings (SSSR count). The lowest BCUT2D eigenvalue weighted by molar-refractivity contribution is -0.151. The van der Waals surface area contributed by atoms with Crippen molar-refractivity contribution in [3.05, 3.63) is 59.7 Å². The Hall–Kier alpha value is -3.28. The highest BCUT2D eigenvalue weighted by Gasteiger charge is 2.39. The van der Waals surface area contributed by atoms with Gasteiger partial charge in [0.1, 0.15) is 11.7 Å². The Balaban J connectivity index is 2.00. The second-order valence-electron chi connectivity index (χ2n) is 7.18. The lowest BCUT2D eigenvalue weighted by Gasteiger charge is -2.29. The summed E-state index contributed by atoms with van der Waals surface area (Å²) >= 11 is 0. The number of benzene rings is 2. The lowest BCUT2D eigenvalue weighted by atomic mass is 9.73. The number of ketones is 1. The van der Waals surface area contributed by atoms with Crippen molar-refractivity contribution in [3.8, 4) is 17.2 Å². The zero-order valence-corrected chi connectivity index (χ0v) is 18.3. The van der Waals surface area contributed by atoms with Crippen LogP contribution < -0.4 is 14.2 Å². The number of ether oxygens (including phenoxy) is 4. The van der Waals surface area contributed by atoms with Gasteiger partial charge in [0.05, 0.1) is 27.4 Å². The van der Waals surface area contributed by atoms with E-state index in [1.165, 1.54) is 0 Å². The van der Waals surface area contributed by atoms with Gasteiger partial charge in [-0.3, -0.25) is 9.59 Å². The Morgan fingerprint density at radius 1 is 0.968 bits per heavy atom. The van der Waals surface area contributed by atoms with Crippen LogP contribution in [0.5, 0.6) is 17.2 Å². The second-order valence-corrected chi connectivity index (χ2v) is 7.18. The lowest BCUT2D eigenvalue weighted by Crippen LogP contribution is -2.34. The van der Waals surface area contributed by atoms with Crippen molar-refractivity contribution in [3.63, 3.8) is 0 Å². The zero-order chi connectivity index (χ0) is 22.4. The van der Waals surface area contributed by atoms with Gasteiger partial charge in [-0.1, -0.05) is 18.2 Å². The minimum Gasteiger partial charge on any atom is -0.494 e. The molecule has 0 bridgehead atoms. The van der Waals surface area contributed by atoms with Crippen LogP contribution >= 0.6 is 0 Å². The molecule has 0 N–H and O–H groups in total. The summed E-state index contributed by atoms with van der Waals surface area (Å²) in [6.07, 6.45) is 2.06. The molecule has 0 spiro atoms.